The van der Waals surface area contributed by atoms with Crippen molar-refractivity contribution in [3.63, 3.8) is 0 Å². The van der Waals surface area contributed by atoms with Crippen molar-refractivity contribution in [1.29, 1.82) is 0 Å². The number of rotatable bonds is 2. The van der Waals surface area contributed by atoms with E-state index >= 15 is 0 Å². The minimum absolute atomic E-state index is 0.135. The van der Waals surface area contributed by atoms with Gasteiger partial charge in [-0.25, -0.2) is 0 Å². The van der Waals surface area contributed by atoms with E-state index in [1.807, 2.05) is 0 Å². The highest BCUT2D eigenvalue weighted by Gasteiger charge is 2.06. The molecule has 0 unspecified atom stereocenters. The molecule has 0 aliphatic heterocycles. The van der Waals surface area contributed by atoms with Crippen LogP contribution in [-0.2, 0) is 9.22 Å². The summed E-state index contributed by atoms with van der Waals surface area (Å²) in [5, 5.41) is 0. The first kappa shape index (κ1) is 8.81. The molecule has 0 fully saturated rings. The molecule has 0 aromatic heterocycles. The molecule has 0 atom stereocenters. The van der Waals surface area contributed by atoms with Gasteiger partial charge in [0, 0.05) is 0 Å². The van der Waals surface area contributed by atoms with Crippen molar-refractivity contribution >= 4 is 16.5 Å². The lowest BCUT2D eigenvalue weighted by Gasteiger charge is -1.99. The zero-order chi connectivity index (χ0) is 7.98. The second-order valence-corrected chi connectivity index (χ2v) is 2.07. The SMILES string of the molecule is C#CC(C#C)CC(=O)O[SiH3]. The van der Waals surface area contributed by atoms with Crippen molar-refractivity contribution in [3.05, 3.63) is 0 Å². The summed E-state index contributed by atoms with van der Waals surface area (Å²) in [7, 11) is 0.397. The maximum atomic E-state index is 10.6. The van der Waals surface area contributed by atoms with Gasteiger partial charge < -0.3 is 4.43 Å². The third-order valence-corrected chi connectivity index (χ3v) is 1.46. The molecular formula is C7H8O2Si. The Morgan fingerprint density at radius 3 is 2.40 bits per heavy atom. The van der Waals surface area contributed by atoms with Gasteiger partial charge in [0.15, 0.2) is 0 Å². The number of hydrogen-bond acceptors (Lipinski definition) is 2. The first-order valence-corrected chi connectivity index (χ1v) is 3.55. The predicted molar refractivity (Wildman–Crippen MR) is 41.8 cm³/mol. The summed E-state index contributed by atoms with van der Waals surface area (Å²) >= 11 is 0. The van der Waals surface area contributed by atoms with Crippen molar-refractivity contribution < 1.29 is 9.22 Å². The van der Waals surface area contributed by atoms with Gasteiger partial charge in [-0.1, -0.05) is 11.8 Å². The van der Waals surface area contributed by atoms with Crippen LogP contribution in [0.1, 0.15) is 6.42 Å². The van der Waals surface area contributed by atoms with E-state index in [0.717, 1.165) is 0 Å². The average molecular weight is 152 g/mol. The Morgan fingerprint density at radius 2 is 2.10 bits per heavy atom. The molecule has 0 radical (unpaired) electrons. The minimum Gasteiger partial charge on any atom is -0.529 e. The Morgan fingerprint density at radius 1 is 1.60 bits per heavy atom. The second kappa shape index (κ2) is 4.66. The van der Waals surface area contributed by atoms with Crippen LogP contribution in [0.4, 0.5) is 0 Å². The summed E-state index contributed by atoms with van der Waals surface area (Å²) in [5.74, 6) is 3.86. The molecule has 0 spiro atoms. The van der Waals surface area contributed by atoms with E-state index in [1.54, 1.807) is 0 Å². The molecule has 0 aliphatic carbocycles. The van der Waals surface area contributed by atoms with Gasteiger partial charge in [-0.05, 0) is 0 Å². The molecular weight excluding hydrogens is 144 g/mol. The largest absolute Gasteiger partial charge is 0.529 e. The maximum Gasteiger partial charge on any atom is 0.294 e. The van der Waals surface area contributed by atoms with Gasteiger partial charge in [0.1, 0.15) is 0 Å². The molecule has 0 heterocycles. The van der Waals surface area contributed by atoms with E-state index in [4.69, 9.17) is 12.8 Å². The lowest BCUT2D eigenvalue weighted by Crippen LogP contribution is -2.07. The van der Waals surface area contributed by atoms with Crippen molar-refractivity contribution in [2.75, 3.05) is 0 Å². The molecule has 0 aromatic carbocycles. The van der Waals surface area contributed by atoms with Crippen LogP contribution in [-0.4, -0.2) is 16.5 Å². The molecule has 52 valence electrons. The fourth-order valence-electron chi connectivity index (χ4n) is 0.416. The van der Waals surface area contributed by atoms with Crippen molar-refractivity contribution in [2.45, 2.75) is 6.42 Å². The van der Waals surface area contributed by atoms with E-state index < -0.39 is 5.92 Å². The monoisotopic (exact) mass is 152 g/mol. The van der Waals surface area contributed by atoms with Crippen LogP contribution < -0.4 is 0 Å². The molecule has 0 N–H and O–H groups in total. The summed E-state index contributed by atoms with van der Waals surface area (Å²) in [4.78, 5) is 10.6. The van der Waals surface area contributed by atoms with Gasteiger partial charge in [0.25, 0.3) is 5.97 Å². The normalized spacial score (nSPS) is 8.30. The minimum atomic E-state index is -0.415. The van der Waals surface area contributed by atoms with Crippen LogP contribution in [0.5, 0.6) is 0 Å². The first-order chi connectivity index (χ1) is 4.74. The van der Waals surface area contributed by atoms with Crippen LogP contribution in [0.25, 0.3) is 0 Å². The Hall–Kier alpha value is -1.19. The summed E-state index contributed by atoms with van der Waals surface area (Å²) in [6.07, 6.45) is 10.1. The third-order valence-electron chi connectivity index (χ3n) is 1.00. The highest BCUT2D eigenvalue weighted by molar-refractivity contribution is 6.05. The molecule has 3 heteroatoms. The third kappa shape index (κ3) is 2.96. The summed E-state index contributed by atoms with van der Waals surface area (Å²) < 4.78 is 4.49. The zero-order valence-corrected chi connectivity index (χ0v) is 7.76. The Labute approximate surface area is 63.5 Å². The lowest BCUT2D eigenvalue weighted by atomic mass is 10.1. The Balaban J connectivity index is 3.81. The molecule has 10 heavy (non-hydrogen) atoms. The van der Waals surface area contributed by atoms with Gasteiger partial charge in [-0.3, -0.25) is 4.79 Å². The number of terminal acetylenes is 2. The van der Waals surface area contributed by atoms with Crippen LogP contribution >= 0.6 is 0 Å². The van der Waals surface area contributed by atoms with E-state index in [0.29, 0.717) is 10.5 Å². The first-order valence-electron chi connectivity index (χ1n) is 2.73. The zero-order valence-electron chi connectivity index (χ0n) is 5.76. The highest BCUT2D eigenvalue weighted by atomic mass is 28.2. The lowest BCUT2D eigenvalue weighted by molar-refractivity contribution is -0.134. The number of hydrogen-bond donors (Lipinski definition) is 0. The van der Waals surface area contributed by atoms with E-state index in [1.165, 1.54) is 0 Å². The Bertz CT molecular complexity index is 183. The van der Waals surface area contributed by atoms with E-state index in [2.05, 4.69) is 16.3 Å². The molecule has 0 saturated carbocycles. The molecule has 0 aliphatic rings. The second-order valence-electron chi connectivity index (χ2n) is 1.67. The van der Waals surface area contributed by atoms with Crippen LogP contribution in [0.2, 0.25) is 0 Å². The Kier molecular flexibility index (Phi) is 4.11. The standard InChI is InChI=1S/C7H8O2Si/c1-3-6(4-2)5-7(8)9-10/h1-2,6H,5H2,10H3. The van der Waals surface area contributed by atoms with Gasteiger partial charge in [0.2, 0.25) is 10.5 Å². The maximum absolute atomic E-state index is 10.6. The molecule has 2 nitrogen and oxygen atoms in total. The fourth-order valence-corrected chi connectivity index (χ4v) is 0.583. The number of carbonyl (C=O) groups excluding carboxylic acids is 1. The topological polar surface area (TPSA) is 26.3 Å². The van der Waals surface area contributed by atoms with Crippen molar-refractivity contribution in [3.8, 4) is 24.7 Å². The molecule has 0 saturated heterocycles. The molecule has 0 amide bonds. The van der Waals surface area contributed by atoms with Crippen LogP contribution in [0, 0.1) is 30.6 Å². The van der Waals surface area contributed by atoms with Gasteiger partial charge >= 0.3 is 0 Å². The summed E-state index contributed by atoms with van der Waals surface area (Å²) in [6.45, 7) is 0. The summed E-state index contributed by atoms with van der Waals surface area (Å²) in [6, 6.07) is 0. The van der Waals surface area contributed by atoms with E-state index in [9.17, 15) is 4.79 Å². The summed E-state index contributed by atoms with van der Waals surface area (Å²) in [5.41, 5.74) is 0. The molecule has 0 rings (SSSR count). The van der Waals surface area contributed by atoms with Crippen molar-refractivity contribution in [1.82, 2.24) is 0 Å². The highest BCUT2D eigenvalue weighted by Crippen LogP contribution is 1.99. The van der Waals surface area contributed by atoms with E-state index in [-0.39, 0.29) is 12.4 Å². The quantitative estimate of drug-likeness (QED) is 0.378. The average Bonchev–Trinajstić information content (AvgIpc) is 1.99. The van der Waals surface area contributed by atoms with Crippen molar-refractivity contribution in [2.24, 2.45) is 5.92 Å². The molecule has 0 aromatic rings. The van der Waals surface area contributed by atoms with Crippen LogP contribution in [0.15, 0.2) is 0 Å². The van der Waals surface area contributed by atoms with Crippen LogP contribution in [0.3, 0.4) is 0 Å². The fraction of sp³-hybridized carbons (Fsp3) is 0.286. The smallest absolute Gasteiger partial charge is 0.294 e. The van der Waals surface area contributed by atoms with Gasteiger partial charge in [0.05, 0.1) is 12.3 Å². The van der Waals surface area contributed by atoms with Gasteiger partial charge in [-0.15, -0.1) is 12.8 Å². The predicted octanol–water partition coefficient (Wildman–Crippen LogP) is -0.917. The molecule has 0 bridgehead atoms. The van der Waals surface area contributed by atoms with Gasteiger partial charge in [-0.2, -0.15) is 0 Å². The number of carbonyl (C=O) groups is 1.